The number of carbonyl (C=O) groups excluding carboxylic acids is 1. The zero-order valence-corrected chi connectivity index (χ0v) is 8.94. The maximum atomic E-state index is 13.5. The summed E-state index contributed by atoms with van der Waals surface area (Å²) in [6.07, 6.45) is 3.70. The Kier molecular flexibility index (Phi) is 4.66. The van der Waals surface area contributed by atoms with Gasteiger partial charge in [-0.1, -0.05) is 18.2 Å². The van der Waals surface area contributed by atoms with Crippen LogP contribution in [0.3, 0.4) is 0 Å². The summed E-state index contributed by atoms with van der Waals surface area (Å²) in [5.74, 6) is -1.05. The van der Waals surface area contributed by atoms with E-state index in [-0.39, 0.29) is 12.2 Å². The van der Waals surface area contributed by atoms with Gasteiger partial charge in [0.2, 0.25) is 0 Å². The van der Waals surface area contributed by atoms with Gasteiger partial charge in [0.25, 0.3) is 0 Å². The first-order valence-corrected chi connectivity index (χ1v) is 4.84. The highest BCUT2D eigenvalue weighted by molar-refractivity contribution is 5.89. The number of benzene rings is 1. The van der Waals surface area contributed by atoms with Crippen LogP contribution in [0.15, 0.2) is 24.3 Å². The van der Waals surface area contributed by atoms with Gasteiger partial charge in [-0.15, -0.1) is 0 Å². The molecule has 0 saturated heterocycles. The molecule has 0 unspecified atom stereocenters. The fourth-order valence-electron chi connectivity index (χ4n) is 1.19. The van der Waals surface area contributed by atoms with Crippen LogP contribution in [0.5, 0.6) is 0 Å². The Morgan fingerprint density at radius 1 is 1.56 bits per heavy atom. The second-order valence-corrected chi connectivity index (χ2v) is 3.14. The van der Waals surface area contributed by atoms with Crippen LogP contribution < -0.4 is 0 Å². The normalized spacial score (nSPS) is 10.7. The molecule has 0 aliphatic carbocycles. The van der Waals surface area contributed by atoms with E-state index in [9.17, 15) is 9.18 Å². The predicted molar refractivity (Wildman–Crippen MR) is 58.5 cm³/mol. The van der Waals surface area contributed by atoms with Gasteiger partial charge in [0, 0.05) is 12.2 Å². The van der Waals surface area contributed by atoms with Crippen LogP contribution in [-0.4, -0.2) is 24.8 Å². The number of aliphatic hydroxyl groups is 1. The summed E-state index contributed by atoms with van der Waals surface area (Å²) in [4.78, 5) is 11.1. The van der Waals surface area contributed by atoms with Crippen molar-refractivity contribution < 1.29 is 19.0 Å². The van der Waals surface area contributed by atoms with E-state index in [0.717, 1.165) is 6.07 Å². The summed E-state index contributed by atoms with van der Waals surface area (Å²) in [5.41, 5.74) is 0.556. The third-order valence-electron chi connectivity index (χ3n) is 2.01. The van der Waals surface area contributed by atoms with Crippen molar-refractivity contribution in [1.82, 2.24) is 0 Å². The molecule has 0 radical (unpaired) electrons. The molecule has 0 aromatic heterocycles. The molecule has 0 aliphatic rings. The van der Waals surface area contributed by atoms with Crippen LogP contribution in [0.4, 0.5) is 4.39 Å². The smallest absolute Gasteiger partial charge is 0.337 e. The van der Waals surface area contributed by atoms with Crippen LogP contribution in [0, 0.1) is 5.82 Å². The number of carbonyl (C=O) groups is 1. The van der Waals surface area contributed by atoms with E-state index in [0.29, 0.717) is 12.0 Å². The van der Waals surface area contributed by atoms with Crippen LogP contribution in [0.25, 0.3) is 6.08 Å². The highest BCUT2D eigenvalue weighted by atomic mass is 19.1. The summed E-state index contributed by atoms with van der Waals surface area (Å²) >= 11 is 0. The second kappa shape index (κ2) is 6.02. The van der Waals surface area contributed by atoms with E-state index in [1.807, 2.05) is 0 Å². The number of esters is 1. The molecule has 1 aromatic carbocycles. The van der Waals surface area contributed by atoms with Gasteiger partial charge >= 0.3 is 5.97 Å². The average Bonchev–Trinajstić information content (AvgIpc) is 2.30. The van der Waals surface area contributed by atoms with Crippen molar-refractivity contribution >= 4 is 12.0 Å². The molecule has 0 bridgehead atoms. The Labute approximate surface area is 93.2 Å². The van der Waals surface area contributed by atoms with Gasteiger partial charge < -0.3 is 9.84 Å². The molecule has 1 rings (SSSR count). The van der Waals surface area contributed by atoms with Crippen molar-refractivity contribution in [2.24, 2.45) is 0 Å². The number of hydrogen-bond acceptors (Lipinski definition) is 3. The summed E-state index contributed by atoms with van der Waals surface area (Å²) in [5, 5.41) is 8.56. The van der Waals surface area contributed by atoms with E-state index >= 15 is 0 Å². The van der Waals surface area contributed by atoms with Gasteiger partial charge in [-0.3, -0.25) is 0 Å². The molecule has 4 heteroatoms. The molecule has 1 aromatic rings. The number of halogens is 1. The lowest BCUT2D eigenvalue weighted by atomic mass is 10.1. The zero-order valence-electron chi connectivity index (χ0n) is 8.94. The van der Waals surface area contributed by atoms with Gasteiger partial charge in [-0.2, -0.15) is 0 Å². The quantitative estimate of drug-likeness (QED) is 0.796. The van der Waals surface area contributed by atoms with Crippen molar-refractivity contribution in [3.05, 3.63) is 41.2 Å². The highest BCUT2D eigenvalue weighted by Crippen LogP contribution is 2.13. The number of rotatable bonds is 4. The molecular formula is C12H13FO3. The molecule has 0 aliphatic heterocycles. The molecule has 86 valence electrons. The summed E-state index contributed by atoms with van der Waals surface area (Å²) in [7, 11) is 1.25. The summed E-state index contributed by atoms with van der Waals surface area (Å²) in [6, 6.07) is 4.12. The van der Waals surface area contributed by atoms with E-state index in [1.165, 1.54) is 19.2 Å². The van der Waals surface area contributed by atoms with Crippen LogP contribution in [-0.2, 0) is 4.74 Å². The standard InChI is InChI=1S/C12H13FO3/c1-16-12(15)10-6-5-9(11(13)8-10)4-2-3-7-14/h2,4-6,8,14H,3,7H2,1H3. The lowest BCUT2D eigenvalue weighted by molar-refractivity contribution is 0.0600. The number of hydrogen-bond donors (Lipinski definition) is 1. The first kappa shape index (κ1) is 12.4. The molecule has 1 N–H and O–H groups in total. The average molecular weight is 224 g/mol. The third kappa shape index (κ3) is 3.17. The largest absolute Gasteiger partial charge is 0.465 e. The lowest BCUT2D eigenvalue weighted by Crippen LogP contribution is -2.01. The minimum absolute atomic E-state index is 0.0262. The van der Waals surface area contributed by atoms with Gasteiger partial charge in [0.1, 0.15) is 5.82 Å². The monoisotopic (exact) mass is 224 g/mol. The number of aliphatic hydroxyl groups excluding tert-OH is 1. The van der Waals surface area contributed by atoms with Gasteiger partial charge in [-0.05, 0) is 18.6 Å². The lowest BCUT2D eigenvalue weighted by Gasteiger charge is -2.01. The molecule has 3 nitrogen and oxygen atoms in total. The van der Waals surface area contributed by atoms with Crippen molar-refractivity contribution in [1.29, 1.82) is 0 Å². The third-order valence-corrected chi connectivity index (χ3v) is 2.01. The van der Waals surface area contributed by atoms with Crippen LogP contribution in [0.1, 0.15) is 22.3 Å². The molecule has 0 spiro atoms. The zero-order chi connectivity index (χ0) is 12.0. The highest BCUT2D eigenvalue weighted by Gasteiger charge is 2.07. The minimum Gasteiger partial charge on any atom is -0.465 e. The van der Waals surface area contributed by atoms with Crippen LogP contribution in [0.2, 0.25) is 0 Å². The molecule has 0 saturated carbocycles. The topological polar surface area (TPSA) is 46.5 Å². The minimum atomic E-state index is -0.565. The Balaban J connectivity index is 2.87. The fraction of sp³-hybridized carbons (Fsp3) is 0.250. The number of ether oxygens (including phenoxy) is 1. The molecule has 16 heavy (non-hydrogen) atoms. The Hall–Kier alpha value is -1.68. The molecule has 0 amide bonds. The van der Waals surface area contributed by atoms with Gasteiger partial charge in [0.15, 0.2) is 0 Å². The van der Waals surface area contributed by atoms with Crippen molar-refractivity contribution in [2.75, 3.05) is 13.7 Å². The SMILES string of the molecule is COC(=O)c1ccc(C=CCCO)c(F)c1. The van der Waals surface area contributed by atoms with E-state index in [4.69, 9.17) is 5.11 Å². The van der Waals surface area contributed by atoms with Crippen molar-refractivity contribution in [2.45, 2.75) is 6.42 Å². The second-order valence-electron chi connectivity index (χ2n) is 3.14. The van der Waals surface area contributed by atoms with E-state index in [1.54, 1.807) is 12.2 Å². The molecular weight excluding hydrogens is 211 g/mol. The van der Waals surface area contributed by atoms with E-state index in [2.05, 4.69) is 4.74 Å². The first-order valence-electron chi connectivity index (χ1n) is 4.84. The molecule has 0 atom stereocenters. The Morgan fingerprint density at radius 3 is 2.88 bits per heavy atom. The van der Waals surface area contributed by atoms with Gasteiger partial charge in [0.05, 0.1) is 12.7 Å². The van der Waals surface area contributed by atoms with E-state index < -0.39 is 11.8 Å². The first-order chi connectivity index (χ1) is 7.69. The molecule has 0 heterocycles. The fourth-order valence-corrected chi connectivity index (χ4v) is 1.19. The molecule has 0 fully saturated rings. The van der Waals surface area contributed by atoms with Crippen LogP contribution >= 0.6 is 0 Å². The maximum absolute atomic E-state index is 13.5. The Bertz CT molecular complexity index is 399. The van der Waals surface area contributed by atoms with Gasteiger partial charge in [-0.25, -0.2) is 9.18 Å². The Morgan fingerprint density at radius 2 is 2.31 bits per heavy atom. The van der Waals surface area contributed by atoms with Crippen molar-refractivity contribution in [3.63, 3.8) is 0 Å². The van der Waals surface area contributed by atoms with Crippen molar-refractivity contribution in [3.8, 4) is 0 Å². The summed E-state index contributed by atoms with van der Waals surface area (Å²) in [6.45, 7) is 0.0262. The maximum Gasteiger partial charge on any atom is 0.337 e. The summed E-state index contributed by atoms with van der Waals surface area (Å²) < 4.78 is 17.9. The number of methoxy groups -OCH3 is 1. The predicted octanol–water partition coefficient (Wildman–Crippen LogP) is 2.01.